The van der Waals surface area contributed by atoms with Crippen LogP contribution in [-0.2, 0) is 14.8 Å². The van der Waals surface area contributed by atoms with E-state index in [1.807, 2.05) is 0 Å². The van der Waals surface area contributed by atoms with Crippen LogP contribution < -0.4 is 5.32 Å². The van der Waals surface area contributed by atoms with Crippen molar-refractivity contribution in [1.29, 1.82) is 0 Å². The fourth-order valence-corrected chi connectivity index (χ4v) is 4.67. The summed E-state index contributed by atoms with van der Waals surface area (Å²) in [6.45, 7) is 1.59. The molecule has 0 bridgehead atoms. The predicted molar refractivity (Wildman–Crippen MR) is 94.2 cm³/mol. The first kappa shape index (κ1) is 17.6. The summed E-state index contributed by atoms with van der Waals surface area (Å²) < 4.78 is 26.5. The minimum atomic E-state index is -3.93. The van der Waals surface area contributed by atoms with Crippen molar-refractivity contribution >= 4 is 39.0 Å². The number of benzene rings is 2. The number of nitrogens with one attached hydrogen (secondary N) is 1. The average Bonchev–Trinajstić information content (AvgIpc) is 2.60. The molecular formula is C17H15ClN2O4S. The Morgan fingerprint density at radius 2 is 1.80 bits per heavy atom. The van der Waals surface area contributed by atoms with E-state index in [1.165, 1.54) is 12.1 Å². The van der Waals surface area contributed by atoms with E-state index >= 15 is 0 Å². The Morgan fingerprint density at radius 1 is 1.16 bits per heavy atom. The van der Waals surface area contributed by atoms with Crippen molar-refractivity contribution in [3.05, 3.63) is 59.1 Å². The van der Waals surface area contributed by atoms with Gasteiger partial charge in [-0.3, -0.25) is 9.59 Å². The second-order valence-electron chi connectivity index (χ2n) is 5.47. The largest absolute Gasteiger partial charge is 0.324 e. The number of anilines is 1. The van der Waals surface area contributed by atoms with Crippen LogP contribution in [0.1, 0.15) is 17.3 Å². The highest BCUT2D eigenvalue weighted by atomic mass is 35.5. The summed E-state index contributed by atoms with van der Waals surface area (Å²) in [6.07, 6.45) is 0. The van der Waals surface area contributed by atoms with E-state index in [4.69, 9.17) is 11.6 Å². The number of halogens is 1. The van der Waals surface area contributed by atoms with Gasteiger partial charge >= 0.3 is 0 Å². The van der Waals surface area contributed by atoms with Crippen LogP contribution in [-0.4, -0.2) is 37.0 Å². The SMILES string of the molecule is CCN1C(C(=O)Nc2ccc(Cl)cc2)C(=O)c2ccccc2S1(=O)=O. The molecule has 25 heavy (non-hydrogen) atoms. The Kier molecular flexibility index (Phi) is 4.64. The maximum Gasteiger partial charge on any atom is 0.250 e. The first-order valence-electron chi connectivity index (χ1n) is 7.57. The summed E-state index contributed by atoms with van der Waals surface area (Å²) >= 11 is 5.80. The topological polar surface area (TPSA) is 83.6 Å². The van der Waals surface area contributed by atoms with Gasteiger partial charge in [0.1, 0.15) is 0 Å². The van der Waals surface area contributed by atoms with Crippen LogP contribution in [0.25, 0.3) is 0 Å². The number of hydrogen-bond acceptors (Lipinski definition) is 4. The minimum Gasteiger partial charge on any atom is -0.324 e. The molecule has 0 saturated carbocycles. The van der Waals surface area contributed by atoms with Crippen molar-refractivity contribution in [1.82, 2.24) is 4.31 Å². The number of fused-ring (bicyclic) bond motifs is 1. The lowest BCUT2D eigenvalue weighted by Crippen LogP contribution is -2.54. The van der Waals surface area contributed by atoms with Gasteiger partial charge in [0.2, 0.25) is 10.0 Å². The van der Waals surface area contributed by atoms with E-state index in [9.17, 15) is 18.0 Å². The van der Waals surface area contributed by atoms with Crippen molar-refractivity contribution in [3.8, 4) is 0 Å². The molecule has 1 heterocycles. The highest BCUT2D eigenvalue weighted by Gasteiger charge is 2.46. The zero-order valence-electron chi connectivity index (χ0n) is 13.3. The summed E-state index contributed by atoms with van der Waals surface area (Å²) in [5.74, 6) is -1.24. The third-order valence-electron chi connectivity index (χ3n) is 3.95. The van der Waals surface area contributed by atoms with E-state index in [-0.39, 0.29) is 17.0 Å². The average molecular weight is 379 g/mol. The number of rotatable bonds is 3. The van der Waals surface area contributed by atoms with Crippen molar-refractivity contribution in [2.75, 3.05) is 11.9 Å². The molecule has 1 amide bonds. The first-order chi connectivity index (χ1) is 11.9. The molecule has 0 aromatic heterocycles. The van der Waals surface area contributed by atoms with Crippen LogP contribution in [0.5, 0.6) is 0 Å². The van der Waals surface area contributed by atoms with E-state index < -0.39 is 27.8 Å². The van der Waals surface area contributed by atoms with Crippen LogP contribution in [0.15, 0.2) is 53.4 Å². The summed E-state index contributed by atoms with van der Waals surface area (Å²) in [4.78, 5) is 25.4. The molecule has 0 radical (unpaired) electrons. The second kappa shape index (κ2) is 6.59. The molecule has 0 aliphatic carbocycles. The Hall–Kier alpha value is -2.22. The van der Waals surface area contributed by atoms with Crippen LogP contribution >= 0.6 is 11.6 Å². The van der Waals surface area contributed by atoms with Gasteiger partial charge in [-0.15, -0.1) is 0 Å². The number of amides is 1. The molecule has 0 fully saturated rings. The first-order valence-corrected chi connectivity index (χ1v) is 9.39. The van der Waals surface area contributed by atoms with Crippen LogP contribution in [0.3, 0.4) is 0 Å². The second-order valence-corrected chi connectivity index (χ2v) is 7.76. The number of carbonyl (C=O) groups excluding carboxylic acids is 2. The van der Waals surface area contributed by atoms with Gasteiger partial charge in [-0.05, 0) is 36.4 Å². The number of hydrogen-bond donors (Lipinski definition) is 1. The molecule has 1 unspecified atom stereocenters. The Labute approximate surface area is 150 Å². The molecule has 1 aliphatic rings. The standard InChI is InChI=1S/C17H15ClN2O4S/c1-2-20-15(17(22)19-12-9-7-11(18)8-10-12)16(21)13-5-3-4-6-14(13)25(20,23)24/h3-10,15H,2H2,1H3,(H,19,22). The predicted octanol–water partition coefficient (Wildman–Crippen LogP) is 2.55. The number of nitrogens with zero attached hydrogens (tertiary/aromatic N) is 1. The highest BCUT2D eigenvalue weighted by molar-refractivity contribution is 7.89. The molecule has 0 saturated heterocycles. The summed E-state index contributed by atoms with van der Waals surface area (Å²) in [5, 5.41) is 3.08. The molecule has 2 aromatic carbocycles. The summed E-state index contributed by atoms with van der Waals surface area (Å²) in [6, 6.07) is 10.8. The molecule has 2 aromatic rings. The number of ketones is 1. The summed E-state index contributed by atoms with van der Waals surface area (Å²) in [5.41, 5.74) is 0.456. The molecule has 3 rings (SSSR count). The van der Waals surface area contributed by atoms with Crippen molar-refractivity contribution < 1.29 is 18.0 Å². The number of sulfonamides is 1. The van der Waals surface area contributed by atoms with Crippen LogP contribution in [0, 0.1) is 0 Å². The van der Waals surface area contributed by atoms with Crippen LogP contribution in [0.4, 0.5) is 5.69 Å². The zero-order chi connectivity index (χ0) is 18.2. The van der Waals surface area contributed by atoms with E-state index in [1.54, 1.807) is 43.3 Å². The number of carbonyl (C=O) groups is 2. The van der Waals surface area contributed by atoms with Crippen molar-refractivity contribution in [2.45, 2.75) is 17.9 Å². The normalized spacial score (nSPS) is 19.3. The maximum atomic E-state index is 12.8. The summed E-state index contributed by atoms with van der Waals surface area (Å²) in [7, 11) is -3.93. The van der Waals surface area contributed by atoms with Crippen LogP contribution in [0.2, 0.25) is 5.02 Å². The Balaban J connectivity index is 2.01. The van der Waals surface area contributed by atoms with Crippen molar-refractivity contribution in [2.24, 2.45) is 0 Å². The molecule has 1 N–H and O–H groups in total. The van der Waals surface area contributed by atoms with E-state index in [0.29, 0.717) is 10.7 Å². The maximum absolute atomic E-state index is 12.8. The third kappa shape index (κ3) is 3.06. The highest BCUT2D eigenvalue weighted by Crippen LogP contribution is 2.30. The number of Topliss-reactive ketones (excluding diaryl/α,β-unsaturated/α-hetero) is 1. The molecule has 1 aliphatic heterocycles. The Bertz CT molecular complexity index is 941. The molecule has 130 valence electrons. The molecule has 8 heteroatoms. The van der Waals surface area contributed by atoms with E-state index in [0.717, 1.165) is 4.31 Å². The minimum absolute atomic E-state index is 0.00110. The van der Waals surface area contributed by atoms with Gasteiger partial charge in [-0.1, -0.05) is 30.7 Å². The Morgan fingerprint density at radius 3 is 2.44 bits per heavy atom. The van der Waals surface area contributed by atoms with Gasteiger partial charge < -0.3 is 5.32 Å². The van der Waals surface area contributed by atoms with Gasteiger partial charge in [-0.2, -0.15) is 4.31 Å². The third-order valence-corrected chi connectivity index (χ3v) is 6.20. The van der Waals surface area contributed by atoms with Gasteiger partial charge in [-0.25, -0.2) is 8.42 Å². The molecule has 0 spiro atoms. The lowest BCUT2D eigenvalue weighted by molar-refractivity contribution is -0.118. The van der Waals surface area contributed by atoms with Gasteiger partial charge in [0.15, 0.2) is 11.8 Å². The fraction of sp³-hybridized carbons (Fsp3) is 0.176. The zero-order valence-corrected chi connectivity index (χ0v) is 14.8. The lowest BCUT2D eigenvalue weighted by Gasteiger charge is -2.33. The molecule has 1 atom stereocenters. The van der Waals surface area contributed by atoms with E-state index in [2.05, 4.69) is 5.32 Å². The molecule has 6 nitrogen and oxygen atoms in total. The van der Waals surface area contributed by atoms with Gasteiger partial charge in [0.05, 0.1) is 4.90 Å². The van der Waals surface area contributed by atoms with Gasteiger partial charge in [0.25, 0.3) is 5.91 Å². The van der Waals surface area contributed by atoms with Crippen molar-refractivity contribution in [3.63, 3.8) is 0 Å². The monoisotopic (exact) mass is 378 g/mol. The van der Waals surface area contributed by atoms with Gasteiger partial charge in [0, 0.05) is 22.8 Å². The lowest BCUT2D eigenvalue weighted by atomic mass is 10.0. The molecular weight excluding hydrogens is 364 g/mol. The fourth-order valence-electron chi connectivity index (χ4n) is 2.78. The quantitative estimate of drug-likeness (QED) is 0.832. The smallest absolute Gasteiger partial charge is 0.250 e. The number of likely N-dealkylation sites (N-methyl/N-ethyl adjacent to an activating group) is 1.